The Morgan fingerprint density at radius 1 is 0.692 bits per heavy atom. The molecule has 9 nitrogen and oxygen atoms in total. The van der Waals surface area contributed by atoms with Gasteiger partial charge in [0.25, 0.3) is 0 Å². The van der Waals surface area contributed by atoms with Crippen LogP contribution in [-0.2, 0) is 32.7 Å². The van der Waals surface area contributed by atoms with Crippen molar-refractivity contribution in [1.82, 2.24) is 0 Å². The van der Waals surface area contributed by atoms with Gasteiger partial charge in [0, 0.05) is 12.8 Å². The molecule has 0 aromatic carbocycles. The molecule has 1 unspecified atom stereocenters. The third-order valence-corrected chi connectivity index (χ3v) is 7.37. The predicted octanol–water partition coefficient (Wildman–Crippen LogP) is 6.95. The highest BCUT2D eigenvalue weighted by Crippen LogP contribution is 2.43. The number of hydrogen-bond acceptors (Lipinski definition) is 7. The van der Waals surface area contributed by atoms with Gasteiger partial charge in [-0.3, -0.25) is 18.6 Å². The molecular formula is C29H59NO8P+. The summed E-state index contributed by atoms with van der Waals surface area (Å²) in [6.07, 6.45) is 16.7. The molecule has 10 heteroatoms. The van der Waals surface area contributed by atoms with E-state index < -0.39 is 26.5 Å². The highest BCUT2D eigenvalue weighted by Gasteiger charge is 2.27. The first-order valence-corrected chi connectivity index (χ1v) is 16.8. The zero-order chi connectivity index (χ0) is 29.4. The Balaban J connectivity index is 4.31. The van der Waals surface area contributed by atoms with Crippen LogP contribution in [0.15, 0.2) is 0 Å². The van der Waals surface area contributed by atoms with Crippen molar-refractivity contribution in [2.75, 3.05) is 47.5 Å². The van der Waals surface area contributed by atoms with Crippen molar-refractivity contribution in [2.24, 2.45) is 0 Å². The summed E-state index contributed by atoms with van der Waals surface area (Å²) >= 11 is 0. The number of phosphoric ester groups is 1. The summed E-state index contributed by atoms with van der Waals surface area (Å²) < 4.78 is 33.6. The number of esters is 2. The first-order chi connectivity index (χ1) is 18.5. The van der Waals surface area contributed by atoms with Gasteiger partial charge in [0.2, 0.25) is 0 Å². The largest absolute Gasteiger partial charge is 0.472 e. The van der Waals surface area contributed by atoms with Crippen LogP contribution in [0.3, 0.4) is 0 Å². The maximum Gasteiger partial charge on any atom is 0.472 e. The predicted molar refractivity (Wildman–Crippen MR) is 155 cm³/mol. The van der Waals surface area contributed by atoms with Crippen LogP contribution in [0.4, 0.5) is 0 Å². The van der Waals surface area contributed by atoms with Gasteiger partial charge in [-0.25, -0.2) is 4.57 Å². The smallest absolute Gasteiger partial charge is 0.462 e. The number of nitrogens with zero attached hydrogens (tertiary/aromatic N) is 1. The molecule has 39 heavy (non-hydrogen) atoms. The summed E-state index contributed by atoms with van der Waals surface area (Å²) in [6, 6.07) is 0. The minimum absolute atomic E-state index is 0.0345. The summed E-state index contributed by atoms with van der Waals surface area (Å²) in [5.74, 6) is -0.826. The third-order valence-electron chi connectivity index (χ3n) is 6.39. The highest BCUT2D eigenvalue weighted by molar-refractivity contribution is 7.47. The lowest BCUT2D eigenvalue weighted by Gasteiger charge is -2.24. The molecule has 0 spiro atoms. The number of rotatable bonds is 27. The molecule has 0 amide bonds. The zero-order valence-corrected chi connectivity index (χ0v) is 26.5. The fraction of sp³-hybridized carbons (Fsp3) is 0.931. The first-order valence-electron chi connectivity index (χ1n) is 15.3. The summed E-state index contributed by atoms with van der Waals surface area (Å²) in [5, 5.41) is 0. The number of quaternary nitrogens is 1. The Kier molecular flexibility index (Phi) is 23.1. The topological polar surface area (TPSA) is 108 Å². The van der Waals surface area contributed by atoms with Crippen LogP contribution in [0.2, 0.25) is 0 Å². The Labute approximate surface area is 238 Å². The van der Waals surface area contributed by atoms with Gasteiger partial charge in [-0.05, 0) is 12.8 Å². The van der Waals surface area contributed by atoms with E-state index in [0.717, 1.165) is 32.1 Å². The van der Waals surface area contributed by atoms with E-state index in [1.54, 1.807) is 0 Å². The van der Waals surface area contributed by atoms with Crippen LogP contribution in [0.25, 0.3) is 0 Å². The maximum absolute atomic E-state index is 12.2. The van der Waals surface area contributed by atoms with Gasteiger partial charge in [0.05, 0.1) is 27.7 Å². The molecule has 0 heterocycles. The van der Waals surface area contributed by atoms with Gasteiger partial charge in [-0.1, -0.05) is 97.3 Å². The molecule has 1 N–H and O–H groups in total. The van der Waals surface area contributed by atoms with Crippen molar-refractivity contribution in [3.63, 3.8) is 0 Å². The number of phosphoric acid groups is 1. The molecule has 0 rings (SSSR count). The molecule has 0 saturated carbocycles. The summed E-state index contributed by atoms with van der Waals surface area (Å²) in [4.78, 5) is 34.4. The van der Waals surface area contributed by atoms with Crippen LogP contribution in [0.1, 0.15) is 123 Å². The van der Waals surface area contributed by atoms with Crippen LogP contribution in [-0.4, -0.2) is 74.9 Å². The summed E-state index contributed by atoms with van der Waals surface area (Å²) in [5.41, 5.74) is 0. The number of hydrogen-bond donors (Lipinski definition) is 1. The summed E-state index contributed by atoms with van der Waals surface area (Å²) in [6.45, 7) is 4.20. The quantitative estimate of drug-likeness (QED) is 0.0481. The lowest BCUT2D eigenvalue weighted by molar-refractivity contribution is -0.870. The van der Waals surface area contributed by atoms with Crippen molar-refractivity contribution < 1.29 is 42.1 Å². The van der Waals surface area contributed by atoms with E-state index in [9.17, 15) is 19.0 Å². The molecule has 0 aliphatic heterocycles. The monoisotopic (exact) mass is 580 g/mol. The normalized spacial score (nSPS) is 14.1. The van der Waals surface area contributed by atoms with E-state index in [0.29, 0.717) is 23.9 Å². The van der Waals surface area contributed by atoms with E-state index in [-0.39, 0.29) is 25.6 Å². The van der Waals surface area contributed by atoms with Crippen LogP contribution in [0.5, 0.6) is 0 Å². The minimum Gasteiger partial charge on any atom is -0.462 e. The number of ether oxygens (including phenoxy) is 2. The number of carbonyl (C=O) groups is 2. The van der Waals surface area contributed by atoms with Gasteiger partial charge >= 0.3 is 19.8 Å². The first kappa shape index (κ1) is 38.0. The lowest BCUT2D eigenvalue weighted by Crippen LogP contribution is -2.37. The minimum atomic E-state index is -4.33. The van der Waals surface area contributed by atoms with Gasteiger partial charge in [-0.15, -0.1) is 0 Å². The Morgan fingerprint density at radius 3 is 1.69 bits per heavy atom. The molecule has 0 aliphatic rings. The van der Waals surface area contributed by atoms with Gasteiger partial charge in [0.1, 0.15) is 19.8 Å². The second-order valence-electron chi connectivity index (χ2n) is 11.5. The molecule has 0 radical (unpaired) electrons. The molecule has 2 atom stereocenters. The maximum atomic E-state index is 12.2. The van der Waals surface area contributed by atoms with E-state index >= 15 is 0 Å². The molecule has 0 aliphatic carbocycles. The van der Waals surface area contributed by atoms with Crippen LogP contribution < -0.4 is 0 Å². The molecule has 0 fully saturated rings. The Morgan fingerprint density at radius 2 is 1.15 bits per heavy atom. The van der Waals surface area contributed by atoms with Gasteiger partial charge < -0.3 is 18.9 Å². The third kappa shape index (κ3) is 27.0. The van der Waals surface area contributed by atoms with Gasteiger partial charge in [-0.2, -0.15) is 0 Å². The second-order valence-corrected chi connectivity index (χ2v) is 13.0. The standard InChI is InChI=1S/C29H58NO8P/c1-6-8-10-11-12-13-14-15-16-17-18-20-21-28(31)35-25-27(38-29(32)22-19-9-7-2)26-37-39(33,34)36-24-23-30(3,4)5/h27H,6-26H2,1-5H3/p+1/t27-/m1/s1. The second kappa shape index (κ2) is 23.7. The summed E-state index contributed by atoms with van der Waals surface area (Å²) in [7, 11) is 1.48. The van der Waals surface area contributed by atoms with E-state index in [1.807, 2.05) is 28.1 Å². The molecular weight excluding hydrogens is 521 g/mol. The fourth-order valence-electron chi connectivity index (χ4n) is 3.89. The SMILES string of the molecule is CCCCCCCCCCCCCCC(=O)OC[C@H](COP(=O)(O)OCC[N+](C)(C)C)OC(=O)CCCCC. The number of carbonyl (C=O) groups excluding carboxylic acids is 2. The molecule has 0 aromatic heterocycles. The molecule has 0 bridgehead atoms. The van der Waals surface area contributed by atoms with Crippen LogP contribution >= 0.6 is 7.82 Å². The lowest BCUT2D eigenvalue weighted by atomic mass is 10.0. The van der Waals surface area contributed by atoms with E-state index in [1.165, 1.54) is 57.8 Å². The van der Waals surface area contributed by atoms with Crippen molar-refractivity contribution in [1.29, 1.82) is 0 Å². The molecule has 232 valence electrons. The van der Waals surface area contributed by atoms with Crippen molar-refractivity contribution in [2.45, 2.75) is 129 Å². The van der Waals surface area contributed by atoms with E-state index in [4.69, 9.17) is 18.5 Å². The zero-order valence-electron chi connectivity index (χ0n) is 25.6. The fourth-order valence-corrected chi connectivity index (χ4v) is 4.63. The number of likely N-dealkylation sites (N-methyl/N-ethyl adjacent to an activating group) is 1. The average molecular weight is 581 g/mol. The molecule has 0 aromatic rings. The van der Waals surface area contributed by atoms with Crippen molar-refractivity contribution >= 4 is 19.8 Å². The Hall–Kier alpha value is -0.990. The molecule has 0 saturated heterocycles. The van der Waals surface area contributed by atoms with E-state index in [2.05, 4.69) is 6.92 Å². The van der Waals surface area contributed by atoms with Crippen molar-refractivity contribution in [3.8, 4) is 0 Å². The number of unbranched alkanes of at least 4 members (excludes halogenated alkanes) is 13. The van der Waals surface area contributed by atoms with Gasteiger partial charge in [0.15, 0.2) is 6.10 Å². The Bertz CT molecular complexity index is 668. The van der Waals surface area contributed by atoms with Crippen LogP contribution in [0, 0.1) is 0 Å². The average Bonchev–Trinajstić information content (AvgIpc) is 2.85. The van der Waals surface area contributed by atoms with Crippen molar-refractivity contribution in [3.05, 3.63) is 0 Å². The highest BCUT2D eigenvalue weighted by atomic mass is 31.2.